The molecule has 0 saturated heterocycles. The minimum Gasteiger partial charge on any atom is -0.354 e. The molecule has 1 N–H and O–H groups in total. The number of thiophene rings is 1. The number of amides is 1. The van der Waals surface area contributed by atoms with E-state index in [4.69, 9.17) is 0 Å². The molecular weight excluding hydrogens is 438 g/mol. The first-order chi connectivity index (χ1) is 13.3. The lowest BCUT2D eigenvalue weighted by Gasteiger charge is -2.14. The Balaban J connectivity index is 1.53. The number of aromatic nitrogens is 2. The Hall–Kier alpha value is -1.99. The molecule has 0 aliphatic heterocycles. The van der Waals surface area contributed by atoms with Crippen LogP contribution in [0, 0.1) is 13.8 Å². The first-order valence-electron chi connectivity index (χ1n) is 9.34. The van der Waals surface area contributed by atoms with Gasteiger partial charge in [0.1, 0.15) is 4.83 Å². The van der Waals surface area contributed by atoms with E-state index >= 15 is 0 Å². The highest BCUT2D eigenvalue weighted by Gasteiger charge is 2.13. The van der Waals surface area contributed by atoms with Crippen LogP contribution in [0.15, 0.2) is 39.9 Å². The Bertz CT molecular complexity index is 1040. The number of halogens is 1. The number of aryl methyl sites for hydroxylation is 4. The zero-order valence-corrected chi connectivity index (χ0v) is 18.7. The van der Waals surface area contributed by atoms with Crippen LogP contribution >= 0.6 is 27.3 Å². The molecule has 148 valence electrons. The topological polar surface area (TPSA) is 64.0 Å². The smallest absolute Gasteiger partial charge is 0.262 e. The normalized spacial score (nSPS) is 12.3. The summed E-state index contributed by atoms with van der Waals surface area (Å²) in [4.78, 5) is 31.2. The molecule has 3 aromatic rings. The Morgan fingerprint density at radius 1 is 1.29 bits per heavy atom. The molecule has 2 aromatic heterocycles. The van der Waals surface area contributed by atoms with Gasteiger partial charge in [0.15, 0.2) is 0 Å². The number of carbonyl (C=O) groups is 1. The van der Waals surface area contributed by atoms with Crippen LogP contribution < -0.4 is 10.9 Å². The molecule has 1 aromatic carbocycles. The van der Waals surface area contributed by atoms with Crippen LogP contribution in [0.4, 0.5) is 0 Å². The van der Waals surface area contributed by atoms with Gasteiger partial charge in [-0.2, -0.15) is 0 Å². The van der Waals surface area contributed by atoms with Gasteiger partial charge in [-0.25, -0.2) is 4.98 Å². The van der Waals surface area contributed by atoms with Crippen molar-refractivity contribution < 1.29 is 4.79 Å². The van der Waals surface area contributed by atoms with Gasteiger partial charge in [0.25, 0.3) is 5.56 Å². The monoisotopic (exact) mass is 461 g/mol. The van der Waals surface area contributed by atoms with Crippen molar-refractivity contribution in [2.24, 2.45) is 0 Å². The molecule has 1 unspecified atom stereocenters. The number of hydrogen-bond donors (Lipinski definition) is 1. The molecule has 0 saturated carbocycles. The summed E-state index contributed by atoms with van der Waals surface area (Å²) < 4.78 is 2.60. The van der Waals surface area contributed by atoms with Crippen molar-refractivity contribution in [3.63, 3.8) is 0 Å². The summed E-state index contributed by atoms with van der Waals surface area (Å²) in [6.45, 7) is 6.28. The van der Waals surface area contributed by atoms with E-state index < -0.39 is 0 Å². The Kier molecular flexibility index (Phi) is 6.67. The van der Waals surface area contributed by atoms with Gasteiger partial charge >= 0.3 is 0 Å². The average Bonchev–Trinajstić information content (AvgIpc) is 2.95. The number of hydrogen-bond acceptors (Lipinski definition) is 4. The quantitative estimate of drug-likeness (QED) is 0.568. The van der Waals surface area contributed by atoms with E-state index in [0.29, 0.717) is 11.9 Å². The van der Waals surface area contributed by atoms with E-state index in [-0.39, 0.29) is 23.9 Å². The van der Waals surface area contributed by atoms with E-state index in [9.17, 15) is 9.59 Å². The highest BCUT2D eigenvalue weighted by atomic mass is 79.9. The van der Waals surface area contributed by atoms with E-state index in [2.05, 4.69) is 38.4 Å². The molecular formula is C21H24BrN3O2S. The maximum Gasteiger partial charge on any atom is 0.262 e. The fourth-order valence-electron chi connectivity index (χ4n) is 3.10. The minimum absolute atomic E-state index is 0.0477. The van der Waals surface area contributed by atoms with Crippen molar-refractivity contribution in [1.29, 1.82) is 0 Å². The van der Waals surface area contributed by atoms with Crippen LogP contribution in [0.5, 0.6) is 0 Å². The van der Waals surface area contributed by atoms with Crippen LogP contribution in [0.2, 0.25) is 0 Å². The molecule has 1 amide bonds. The second-order valence-corrected chi connectivity index (χ2v) is 9.21. The fourth-order valence-corrected chi connectivity index (χ4v) is 4.36. The van der Waals surface area contributed by atoms with Crippen molar-refractivity contribution in [3.8, 4) is 0 Å². The van der Waals surface area contributed by atoms with Gasteiger partial charge in [0, 0.05) is 28.4 Å². The zero-order valence-electron chi connectivity index (χ0n) is 16.3. The number of carbonyl (C=O) groups excluding carboxylic acids is 1. The molecule has 0 radical (unpaired) electrons. The van der Waals surface area contributed by atoms with E-state index in [1.165, 1.54) is 21.5 Å². The Labute approximate surface area is 176 Å². The minimum atomic E-state index is -0.0667. The van der Waals surface area contributed by atoms with Gasteiger partial charge in [-0.1, -0.05) is 28.1 Å². The third kappa shape index (κ3) is 4.89. The summed E-state index contributed by atoms with van der Waals surface area (Å²) in [6.07, 6.45) is 3.59. The first kappa shape index (κ1) is 20.7. The van der Waals surface area contributed by atoms with Gasteiger partial charge in [0.2, 0.25) is 5.91 Å². The number of nitrogens with one attached hydrogen (secondary N) is 1. The van der Waals surface area contributed by atoms with Crippen molar-refractivity contribution in [3.05, 3.63) is 61.4 Å². The van der Waals surface area contributed by atoms with Crippen molar-refractivity contribution in [2.45, 2.75) is 52.6 Å². The summed E-state index contributed by atoms with van der Waals surface area (Å²) >= 11 is 4.97. The number of benzene rings is 1. The molecule has 5 nitrogen and oxygen atoms in total. The van der Waals surface area contributed by atoms with E-state index in [0.717, 1.165) is 32.6 Å². The predicted octanol–water partition coefficient (Wildman–Crippen LogP) is 4.36. The SMILES string of the molecule is Cc1sc2ncn(CCC(=O)NC(C)CCc3ccc(Br)cc3)c(=O)c2c1C. The van der Waals surface area contributed by atoms with Gasteiger partial charge in [-0.3, -0.25) is 14.2 Å². The van der Waals surface area contributed by atoms with Crippen molar-refractivity contribution in [2.75, 3.05) is 0 Å². The molecule has 7 heteroatoms. The summed E-state index contributed by atoms with van der Waals surface area (Å²) in [5.41, 5.74) is 2.16. The lowest BCUT2D eigenvalue weighted by atomic mass is 10.1. The van der Waals surface area contributed by atoms with Gasteiger partial charge < -0.3 is 5.32 Å². The molecule has 0 aliphatic rings. The van der Waals surface area contributed by atoms with Crippen molar-refractivity contribution in [1.82, 2.24) is 14.9 Å². The third-order valence-electron chi connectivity index (χ3n) is 4.92. The second-order valence-electron chi connectivity index (χ2n) is 7.09. The standard InChI is InChI=1S/C21H24BrN3O2S/c1-13(4-5-16-6-8-17(22)9-7-16)24-18(26)10-11-25-12-23-20-19(21(25)27)14(2)15(3)28-20/h6-9,12-13H,4-5,10-11H2,1-3H3,(H,24,26). The van der Waals surface area contributed by atoms with E-state index in [1.807, 2.05) is 32.9 Å². The molecule has 2 heterocycles. The molecule has 0 spiro atoms. The van der Waals surface area contributed by atoms with Crippen LogP contribution in [-0.4, -0.2) is 21.5 Å². The third-order valence-corrected chi connectivity index (χ3v) is 6.57. The summed E-state index contributed by atoms with van der Waals surface area (Å²) in [5, 5.41) is 3.70. The van der Waals surface area contributed by atoms with Crippen molar-refractivity contribution >= 4 is 43.4 Å². The molecule has 0 bridgehead atoms. The zero-order chi connectivity index (χ0) is 20.3. The highest BCUT2D eigenvalue weighted by Crippen LogP contribution is 2.25. The van der Waals surface area contributed by atoms with Gasteiger partial charge in [0.05, 0.1) is 11.7 Å². The molecule has 0 aliphatic carbocycles. The van der Waals surface area contributed by atoms with Crippen LogP contribution in [0.3, 0.4) is 0 Å². The molecule has 1 atom stereocenters. The van der Waals surface area contributed by atoms with E-state index in [1.54, 1.807) is 6.33 Å². The Morgan fingerprint density at radius 3 is 2.71 bits per heavy atom. The lowest BCUT2D eigenvalue weighted by molar-refractivity contribution is -0.121. The van der Waals surface area contributed by atoms with Crippen LogP contribution in [-0.2, 0) is 17.8 Å². The highest BCUT2D eigenvalue weighted by molar-refractivity contribution is 9.10. The fraction of sp³-hybridized carbons (Fsp3) is 0.381. The number of nitrogens with zero attached hydrogens (tertiary/aromatic N) is 2. The Morgan fingerprint density at radius 2 is 2.00 bits per heavy atom. The number of fused-ring (bicyclic) bond motifs is 1. The average molecular weight is 462 g/mol. The second kappa shape index (κ2) is 9.01. The predicted molar refractivity (Wildman–Crippen MR) is 118 cm³/mol. The summed E-state index contributed by atoms with van der Waals surface area (Å²) in [6, 6.07) is 8.30. The maximum absolute atomic E-state index is 12.7. The van der Waals surface area contributed by atoms with Crippen LogP contribution in [0.25, 0.3) is 10.2 Å². The van der Waals surface area contributed by atoms with Gasteiger partial charge in [-0.05, 0) is 56.9 Å². The summed E-state index contributed by atoms with van der Waals surface area (Å²) in [5.74, 6) is -0.0477. The molecule has 28 heavy (non-hydrogen) atoms. The molecule has 3 rings (SSSR count). The molecule has 0 fully saturated rings. The maximum atomic E-state index is 12.7. The largest absolute Gasteiger partial charge is 0.354 e. The summed E-state index contributed by atoms with van der Waals surface area (Å²) in [7, 11) is 0. The van der Waals surface area contributed by atoms with Gasteiger partial charge in [-0.15, -0.1) is 11.3 Å². The lowest BCUT2D eigenvalue weighted by Crippen LogP contribution is -2.34. The number of rotatable bonds is 7. The first-order valence-corrected chi connectivity index (χ1v) is 10.9. The van der Waals surface area contributed by atoms with Crippen LogP contribution in [0.1, 0.15) is 35.8 Å².